The van der Waals surface area contributed by atoms with Crippen LogP contribution in [-0.2, 0) is 0 Å². The van der Waals surface area contributed by atoms with E-state index in [2.05, 4.69) is 13.0 Å². The van der Waals surface area contributed by atoms with Crippen molar-refractivity contribution in [2.75, 3.05) is 6.61 Å². The minimum Gasteiger partial charge on any atom is -0.513 e. The zero-order chi connectivity index (χ0) is 16.3. The molecule has 0 aromatic rings. The molecule has 22 heavy (non-hydrogen) atoms. The average Bonchev–Trinajstić information content (AvgIpc) is 2.52. The largest absolute Gasteiger partial charge is 0.513 e. The van der Waals surface area contributed by atoms with Gasteiger partial charge >= 0.3 is 0 Å². The molecule has 2 N–H and O–H groups in total. The summed E-state index contributed by atoms with van der Waals surface area (Å²) in [6.45, 7) is 2.40. The molecule has 0 amide bonds. The molecule has 130 valence electrons. The van der Waals surface area contributed by atoms with E-state index in [-0.39, 0.29) is 6.61 Å². The van der Waals surface area contributed by atoms with Gasteiger partial charge in [0.1, 0.15) is 0 Å². The molecule has 0 bridgehead atoms. The standard InChI is InChI=1S/C20H38O2/c1-2-3-4-5-11-14-17-20(22)18-15-12-9-7-6-8-10-13-16-19-21/h13,16,18,21-22H,2-12,14-15,17,19H2,1H3/b16-13?,20-18+. The number of aliphatic hydroxyl groups is 2. The Labute approximate surface area is 138 Å². The first-order valence-electron chi connectivity index (χ1n) is 9.45. The molecule has 0 spiro atoms. The van der Waals surface area contributed by atoms with Gasteiger partial charge in [-0.3, -0.25) is 0 Å². The number of rotatable bonds is 16. The van der Waals surface area contributed by atoms with Gasteiger partial charge in [-0.15, -0.1) is 0 Å². The van der Waals surface area contributed by atoms with E-state index >= 15 is 0 Å². The second kappa shape index (κ2) is 18.3. The van der Waals surface area contributed by atoms with E-state index < -0.39 is 0 Å². The van der Waals surface area contributed by atoms with Gasteiger partial charge in [-0.2, -0.15) is 0 Å². The normalized spacial score (nSPS) is 12.4. The molecule has 0 aliphatic rings. The predicted octanol–water partition coefficient (Wildman–Crippen LogP) is 6.46. The highest BCUT2D eigenvalue weighted by Gasteiger charge is 1.95. The quantitative estimate of drug-likeness (QED) is 0.195. The summed E-state index contributed by atoms with van der Waals surface area (Å²) in [4.78, 5) is 0. The third-order valence-corrected chi connectivity index (χ3v) is 4.01. The number of hydrogen-bond donors (Lipinski definition) is 2. The molecule has 2 nitrogen and oxygen atoms in total. The van der Waals surface area contributed by atoms with Crippen LogP contribution >= 0.6 is 0 Å². The Morgan fingerprint density at radius 1 is 0.727 bits per heavy atom. The minimum absolute atomic E-state index is 0.161. The first-order valence-corrected chi connectivity index (χ1v) is 9.45. The molecule has 0 aromatic carbocycles. The van der Waals surface area contributed by atoms with Gasteiger partial charge in [0.2, 0.25) is 0 Å². The van der Waals surface area contributed by atoms with E-state index in [4.69, 9.17) is 5.11 Å². The van der Waals surface area contributed by atoms with Gasteiger partial charge in [0.15, 0.2) is 0 Å². The Bertz CT molecular complexity index is 269. The highest BCUT2D eigenvalue weighted by atomic mass is 16.3. The smallest absolute Gasteiger partial charge is 0.0882 e. The number of allylic oxidation sites excluding steroid dienone is 3. The van der Waals surface area contributed by atoms with Crippen molar-refractivity contribution in [3.8, 4) is 0 Å². The molecule has 0 aromatic heterocycles. The third kappa shape index (κ3) is 17.3. The fraction of sp³-hybridized carbons (Fsp3) is 0.800. The van der Waals surface area contributed by atoms with E-state index in [0.29, 0.717) is 5.76 Å². The van der Waals surface area contributed by atoms with E-state index in [9.17, 15) is 5.11 Å². The molecule has 0 aliphatic carbocycles. The van der Waals surface area contributed by atoms with Gasteiger partial charge < -0.3 is 10.2 Å². The average molecular weight is 311 g/mol. The van der Waals surface area contributed by atoms with Crippen molar-refractivity contribution in [1.82, 2.24) is 0 Å². The van der Waals surface area contributed by atoms with E-state index in [1.807, 2.05) is 12.2 Å². The lowest BCUT2D eigenvalue weighted by Gasteiger charge is -2.02. The number of hydrogen-bond acceptors (Lipinski definition) is 2. The van der Waals surface area contributed by atoms with Gasteiger partial charge in [0.25, 0.3) is 0 Å². The van der Waals surface area contributed by atoms with Crippen molar-refractivity contribution >= 4 is 0 Å². The molecule has 0 fully saturated rings. The Hall–Kier alpha value is -0.760. The molecule has 0 aliphatic heterocycles. The fourth-order valence-electron chi connectivity index (χ4n) is 2.59. The Morgan fingerprint density at radius 3 is 2.00 bits per heavy atom. The third-order valence-electron chi connectivity index (χ3n) is 4.01. The summed E-state index contributed by atoms with van der Waals surface area (Å²) in [5.41, 5.74) is 0. The molecule has 0 unspecified atom stereocenters. The molecule has 0 saturated carbocycles. The van der Waals surface area contributed by atoms with Gasteiger partial charge in [-0.05, 0) is 38.2 Å². The van der Waals surface area contributed by atoms with Crippen LogP contribution < -0.4 is 0 Å². The van der Waals surface area contributed by atoms with E-state index in [1.165, 1.54) is 64.2 Å². The summed E-state index contributed by atoms with van der Waals surface area (Å²) in [5, 5.41) is 18.4. The van der Waals surface area contributed by atoms with Crippen LogP contribution in [0.15, 0.2) is 24.0 Å². The fourth-order valence-corrected chi connectivity index (χ4v) is 2.59. The Kier molecular flexibility index (Phi) is 17.7. The predicted molar refractivity (Wildman–Crippen MR) is 97.2 cm³/mol. The summed E-state index contributed by atoms with van der Waals surface area (Å²) in [6, 6.07) is 0. The summed E-state index contributed by atoms with van der Waals surface area (Å²) >= 11 is 0. The van der Waals surface area contributed by atoms with E-state index in [0.717, 1.165) is 25.7 Å². The van der Waals surface area contributed by atoms with Crippen LogP contribution in [0.25, 0.3) is 0 Å². The molecule has 2 heteroatoms. The molecular weight excluding hydrogens is 272 g/mol. The van der Waals surface area contributed by atoms with Gasteiger partial charge in [-0.25, -0.2) is 0 Å². The van der Waals surface area contributed by atoms with Gasteiger partial charge in [0.05, 0.1) is 12.4 Å². The second-order valence-corrected chi connectivity index (χ2v) is 6.21. The van der Waals surface area contributed by atoms with Crippen molar-refractivity contribution in [1.29, 1.82) is 0 Å². The summed E-state index contributed by atoms with van der Waals surface area (Å²) in [5.74, 6) is 0.602. The molecule has 0 rings (SSSR count). The monoisotopic (exact) mass is 310 g/mol. The zero-order valence-electron chi connectivity index (χ0n) is 14.7. The van der Waals surface area contributed by atoms with Crippen LogP contribution in [0.4, 0.5) is 0 Å². The Balaban J connectivity index is 3.28. The molecule has 0 heterocycles. The minimum atomic E-state index is 0.161. The first-order chi connectivity index (χ1) is 10.8. The van der Waals surface area contributed by atoms with Crippen LogP contribution in [0, 0.1) is 0 Å². The highest BCUT2D eigenvalue weighted by molar-refractivity contribution is 4.90. The Morgan fingerprint density at radius 2 is 1.32 bits per heavy atom. The van der Waals surface area contributed by atoms with Crippen molar-refractivity contribution in [3.63, 3.8) is 0 Å². The van der Waals surface area contributed by atoms with Crippen molar-refractivity contribution in [2.45, 2.75) is 96.8 Å². The van der Waals surface area contributed by atoms with Crippen LogP contribution in [0.2, 0.25) is 0 Å². The van der Waals surface area contributed by atoms with Gasteiger partial charge in [0, 0.05) is 6.42 Å². The van der Waals surface area contributed by atoms with Crippen molar-refractivity contribution in [2.24, 2.45) is 0 Å². The van der Waals surface area contributed by atoms with Gasteiger partial charge in [-0.1, -0.05) is 70.4 Å². The summed E-state index contributed by atoms with van der Waals surface area (Å²) in [7, 11) is 0. The highest BCUT2D eigenvalue weighted by Crippen LogP contribution is 2.12. The SMILES string of the molecule is CCCCCCCC/C(O)=C\CCCCCCCC=CCO. The van der Waals surface area contributed by atoms with Crippen LogP contribution in [0.3, 0.4) is 0 Å². The molecule has 0 saturated heterocycles. The van der Waals surface area contributed by atoms with Crippen LogP contribution in [-0.4, -0.2) is 16.8 Å². The number of unbranched alkanes of at least 4 members (excludes halogenated alkanes) is 11. The molecular formula is C20H38O2. The first kappa shape index (κ1) is 21.2. The number of aliphatic hydroxyl groups excluding tert-OH is 2. The van der Waals surface area contributed by atoms with E-state index in [1.54, 1.807) is 0 Å². The lowest BCUT2D eigenvalue weighted by molar-refractivity contribution is 0.342. The summed E-state index contributed by atoms with van der Waals surface area (Å²) in [6.07, 6.45) is 22.8. The molecule has 0 radical (unpaired) electrons. The summed E-state index contributed by atoms with van der Waals surface area (Å²) < 4.78 is 0. The lowest BCUT2D eigenvalue weighted by atomic mass is 10.1. The lowest BCUT2D eigenvalue weighted by Crippen LogP contribution is -1.85. The second-order valence-electron chi connectivity index (χ2n) is 6.21. The molecule has 0 atom stereocenters. The maximum atomic E-state index is 9.81. The van der Waals surface area contributed by atoms with Crippen LogP contribution in [0.5, 0.6) is 0 Å². The topological polar surface area (TPSA) is 40.5 Å². The maximum Gasteiger partial charge on any atom is 0.0882 e. The van der Waals surface area contributed by atoms with Crippen molar-refractivity contribution < 1.29 is 10.2 Å². The van der Waals surface area contributed by atoms with Crippen molar-refractivity contribution in [3.05, 3.63) is 24.0 Å². The maximum absolute atomic E-state index is 9.81. The van der Waals surface area contributed by atoms with Crippen LogP contribution in [0.1, 0.15) is 96.8 Å². The zero-order valence-corrected chi connectivity index (χ0v) is 14.7.